The van der Waals surface area contributed by atoms with Crippen LogP contribution < -0.4 is 5.32 Å². The van der Waals surface area contributed by atoms with Crippen molar-refractivity contribution in [3.63, 3.8) is 0 Å². The average molecular weight is 367 g/mol. The van der Waals surface area contributed by atoms with Crippen LogP contribution in [0.2, 0.25) is 0 Å². The van der Waals surface area contributed by atoms with Gasteiger partial charge in [-0.05, 0) is 64.9 Å². The Morgan fingerprint density at radius 3 is 2.74 bits per heavy atom. The van der Waals surface area contributed by atoms with Crippen LogP contribution in [0.4, 0.5) is 0 Å². The van der Waals surface area contributed by atoms with Crippen molar-refractivity contribution in [2.75, 3.05) is 13.1 Å². The van der Waals surface area contributed by atoms with E-state index < -0.39 is 0 Å². The summed E-state index contributed by atoms with van der Waals surface area (Å²) in [6.45, 7) is 2.90. The first kappa shape index (κ1) is 13.3. The molecule has 2 aromatic carbocycles. The van der Waals surface area contributed by atoms with E-state index >= 15 is 0 Å². The highest BCUT2D eigenvalue weighted by Gasteiger charge is 2.14. The molecule has 2 nitrogen and oxygen atoms in total. The van der Waals surface area contributed by atoms with Gasteiger partial charge in [0.1, 0.15) is 0 Å². The summed E-state index contributed by atoms with van der Waals surface area (Å²) in [5, 5.41) is 6.00. The Labute approximate surface area is 127 Å². The maximum absolute atomic E-state index is 6.05. The van der Waals surface area contributed by atoms with Gasteiger partial charge in [0.25, 0.3) is 0 Å². The number of hydrogen-bond acceptors (Lipinski definition) is 2. The van der Waals surface area contributed by atoms with Gasteiger partial charge in [-0.1, -0.05) is 36.4 Å². The molecule has 0 radical (unpaired) electrons. The van der Waals surface area contributed by atoms with Crippen LogP contribution in [0.15, 0.2) is 36.4 Å². The lowest BCUT2D eigenvalue weighted by Crippen LogP contribution is -2.32. The van der Waals surface area contributed by atoms with E-state index in [0.29, 0.717) is 6.10 Å². The Morgan fingerprint density at radius 1 is 1.11 bits per heavy atom. The molecule has 2 aromatic rings. The minimum atomic E-state index is 0.420. The van der Waals surface area contributed by atoms with E-state index in [1.807, 2.05) is 0 Å². The predicted octanol–water partition coefficient (Wildman–Crippen LogP) is 3.71. The van der Waals surface area contributed by atoms with Crippen LogP contribution in [0.1, 0.15) is 18.4 Å². The van der Waals surface area contributed by atoms with Crippen LogP contribution in [0, 0.1) is 3.57 Å². The van der Waals surface area contributed by atoms with Crippen molar-refractivity contribution in [3.05, 3.63) is 45.5 Å². The highest BCUT2D eigenvalue weighted by molar-refractivity contribution is 14.1. The lowest BCUT2D eigenvalue weighted by molar-refractivity contribution is 0.0210. The summed E-state index contributed by atoms with van der Waals surface area (Å²) in [6.07, 6.45) is 2.68. The Bertz CT molecular complexity index is 564. The van der Waals surface area contributed by atoms with E-state index in [2.05, 4.69) is 64.3 Å². The van der Waals surface area contributed by atoms with Gasteiger partial charge in [0.2, 0.25) is 0 Å². The van der Waals surface area contributed by atoms with Gasteiger partial charge in [-0.15, -0.1) is 0 Å². The molecule has 0 aliphatic carbocycles. The molecule has 1 aliphatic heterocycles. The number of nitrogens with one attached hydrogen (secondary N) is 1. The van der Waals surface area contributed by atoms with Gasteiger partial charge in [0.05, 0.1) is 12.7 Å². The predicted molar refractivity (Wildman–Crippen MR) is 87.3 cm³/mol. The zero-order valence-electron chi connectivity index (χ0n) is 10.9. The van der Waals surface area contributed by atoms with Crippen molar-refractivity contribution >= 4 is 33.4 Å². The van der Waals surface area contributed by atoms with Gasteiger partial charge in [-0.3, -0.25) is 0 Å². The molecule has 3 heteroatoms. The average Bonchev–Trinajstić information content (AvgIpc) is 2.48. The molecule has 1 N–H and O–H groups in total. The quantitative estimate of drug-likeness (QED) is 0.836. The summed E-state index contributed by atoms with van der Waals surface area (Å²) in [5.74, 6) is 0. The summed E-state index contributed by atoms with van der Waals surface area (Å²) in [6, 6.07) is 12.9. The van der Waals surface area contributed by atoms with E-state index in [4.69, 9.17) is 4.74 Å². The van der Waals surface area contributed by atoms with Crippen molar-refractivity contribution in [1.29, 1.82) is 0 Å². The van der Waals surface area contributed by atoms with Gasteiger partial charge in [0.15, 0.2) is 0 Å². The number of benzene rings is 2. The smallest absolute Gasteiger partial charge is 0.0731 e. The van der Waals surface area contributed by atoms with E-state index in [1.54, 1.807) is 0 Å². The molecule has 1 heterocycles. The Morgan fingerprint density at radius 2 is 1.89 bits per heavy atom. The Balaban J connectivity index is 1.75. The maximum Gasteiger partial charge on any atom is 0.0731 e. The zero-order valence-corrected chi connectivity index (χ0v) is 13.0. The number of hydrogen-bond donors (Lipinski definition) is 1. The van der Waals surface area contributed by atoms with Crippen LogP contribution in [-0.2, 0) is 11.3 Å². The minimum absolute atomic E-state index is 0.420. The molecule has 0 spiro atoms. The molecule has 0 amide bonds. The summed E-state index contributed by atoms with van der Waals surface area (Å²) < 4.78 is 7.38. The Kier molecular flexibility index (Phi) is 4.35. The first-order chi connectivity index (χ1) is 9.34. The van der Waals surface area contributed by atoms with E-state index in [-0.39, 0.29) is 0 Å². The normalized spacial score (nSPS) is 16.9. The largest absolute Gasteiger partial charge is 0.373 e. The molecule has 0 unspecified atom stereocenters. The molecular weight excluding hydrogens is 349 g/mol. The van der Waals surface area contributed by atoms with Crippen molar-refractivity contribution < 1.29 is 4.74 Å². The van der Waals surface area contributed by atoms with Gasteiger partial charge in [-0.2, -0.15) is 0 Å². The zero-order chi connectivity index (χ0) is 13.1. The standard InChI is InChI=1S/C16H18INO/c17-16-13(11-19-14-7-9-18-10-8-14)6-5-12-3-1-2-4-15(12)16/h1-6,14,18H,7-11H2. The second-order valence-corrected chi connectivity index (χ2v) is 6.10. The summed E-state index contributed by atoms with van der Waals surface area (Å²) >= 11 is 2.44. The van der Waals surface area contributed by atoms with Crippen molar-refractivity contribution in [2.45, 2.75) is 25.6 Å². The highest BCUT2D eigenvalue weighted by Crippen LogP contribution is 2.25. The van der Waals surface area contributed by atoms with Crippen molar-refractivity contribution in [3.8, 4) is 0 Å². The highest BCUT2D eigenvalue weighted by atomic mass is 127. The molecule has 100 valence electrons. The van der Waals surface area contributed by atoms with Crippen LogP contribution in [0.5, 0.6) is 0 Å². The topological polar surface area (TPSA) is 21.3 Å². The molecule has 1 saturated heterocycles. The molecule has 0 saturated carbocycles. The molecule has 0 aromatic heterocycles. The number of halogens is 1. The molecule has 3 rings (SSSR count). The number of rotatable bonds is 3. The molecule has 19 heavy (non-hydrogen) atoms. The van der Waals surface area contributed by atoms with Gasteiger partial charge in [0, 0.05) is 3.57 Å². The first-order valence-corrected chi connectivity index (χ1v) is 7.91. The van der Waals surface area contributed by atoms with Crippen LogP contribution in [0.25, 0.3) is 10.8 Å². The molecule has 0 bridgehead atoms. The summed E-state index contributed by atoms with van der Waals surface area (Å²) in [7, 11) is 0. The van der Waals surface area contributed by atoms with Crippen molar-refractivity contribution in [2.24, 2.45) is 0 Å². The fraction of sp³-hybridized carbons (Fsp3) is 0.375. The van der Waals surface area contributed by atoms with E-state index in [1.165, 1.54) is 19.9 Å². The third-order valence-corrected chi connectivity index (χ3v) is 4.98. The number of fused-ring (bicyclic) bond motifs is 1. The Hall–Kier alpha value is -0.650. The summed E-state index contributed by atoms with van der Waals surface area (Å²) in [5.41, 5.74) is 1.30. The third-order valence-electron chi connectivity index (χ3n) is 3.70. The lowest BCUT2D eigenvalue weighted by atomic mass is 10.1. The monoisotopic (exact) mass is 367 g/mol. The number of ether oxygens (including phenoxy) is 1. The molecule has 0 atom stereocenters. The fourth-order valence-corrected chi connectivity index (χ4v) is 3.39. The van der Waals surface area contributed by atoms with Crippen LogP contribution in [-0.4, -0.2) is 19.2 Å². The minimum Gasteiger partial charge on any atom is -0.373 e. The molecule has 1 fully saturated rings. The van der Waals surface area contributed by atoms with Gasteiger partial charge < -0.3 is 10.1 Å². The third kappa shape index (κ3) is 3.09. The summed E-state index contributed by atoms with van der Waals surface area (Å²) in [4.78, 5) is 0. The fourth-order valence-electron chi connectivity index (χ4n) is 2.56. The first-order valence-electron chi connectivity index (χ1n) is 6.83. The van der Waals surface area contributed by atoms with Crippen molar-refractivity contribution in [1.82, 2.24) is 5.32 Å². The second-order valence-electron chi connectivity index (χ2n) is 5.02. The lowest BCUT2D eigenvalue weighted by Gasteiger charge is -2.23. The van der Waals surface area contributed by atoms with Crippen LogP contribution >= 0.6 is 22.6 Å². The van der Waals surface area contributed by atoms with Gasteiger partial charge >= 0.3 is 0 Å². The second kappa shape index (κ2) is 6.20. The molecular formula is C16H18INO. The maximum atomic E-state index is 6.05. The van der Waals surface area contributed by atoms with Gasteiger partial charge in [-0.25, -0.2) is 0 Å². The van der Waals surface area contributed by atoms with E-state index in [0.717, 1.165) is 32.5 Å². The molecule has 1 aliphatic rings. The van der Waals surface area contributed by atoms with Crippen LogP contribution in [0.3, 0.4) is 0 Å². The number of piperidine rings is 1. The van der Waals surface area contributed by atoms with E-state index in [9.17, 15) is 0 Å². The SMILES string of the molecule is Ic1c(COC2CCNCC2)ccc2ccccc12.